The first-order valence-electron chi connectivity index (χ1n) is 3.50. The second kappa shape index (κ2) is 4.11. The van der Waals surface area contributed by atoms with Crippen LogP contribution in [0, 0.1) is 17.5 Å². The summed E-state index contributed by atoms with van der Waals surface area (Å²) >= 11 is 2.58. The van der Waals surface area contributed by atoms with Crippen LogP contribution in [0.25, 0.3) is 0 Å². The van der Waals surface area contributed by atoms with E-state index in [1.807, 2.05) is 0 Å². The molecule has 1 aromatic carbocycles. The van der Waals surface area contributed by atoms with Crippen LogP contribution < -0.4 is 0 Å². The van der Waals surface area contributed by atoms with Crippen LogP contribution in [-0.4, -0.2) is 11.7 Å². The van der Waals surface area contributed by atoms with Crippen LogP contribution >= 0.6 is 15.9 Å². The van der Waals surface area contributed by atoms with Gasteiger partial charge in [-0.25, -0.2) is 13.2 Å². The van der Waals surface area contributed by atoms with Crippen molar-refractivity contribution in [3.05, 3.63) is 33.6 Å². The van der Waals surface area contributed by atoms with Crippen molar-refractivity contribution in [2.45, 2.75) is 6.42 Å². The zero-order valence-electron chi connectivity index (χ0n) is 6.45. The maximum Gasteiger partial charge on any atom is 0.175 e. The fourth-order valence-electron chi connectivity index (χ4n) is 0.924. The third-order valence-corrected chi connectivity index (χ3v) is 2.26. The lowest BCUT2D eigenvalue weighted by Gasteiger charge is -2.04. The van der Waals surface area contributed by atoms with Crippen LogP contribution in [0.15, 0.2) is 10.5 Å². The molecule has 0 spiro atoms. The molecule has 1 aromatic rings. The zero-order chi connectivity index (χ0) is 10.0. The summed E-state index contributed by atoms with van der Waals surface area (Å²) in [6, 6.07) is 0.742. The van der Waals surface area contributed by atoms with E-state index in [1.54, 1.807) is 0 Å². The Labute approximate surface area is 81.3 Å². The number of benzene rings is 1. The van der Waals surface area contributed by atoms with Crippen LogP contribution in [0.3, 0.4) is 0 Å². The summed E-state index contributed by atoms with van der Waals surface area (Å²) in [7, 11) is 0. The van der Waals surface area contributed by atoms with Gasteiger partial charge in [-0.2, -0.15) is 0 Å². The molecule has 0 unspecified atom stereocenters. The highest BCUT2D eigenvalue weighted by Crippen LogP contribution is 2.25. The van der Waals surface area contributed by atoms with E-state index < -0.39 is 21.9 Å². The topological polar surface area (TPSA) is 20.2 Å². The van der Waals surface area contributed by atoms with Crippen molar-refractivity contribution in [2.24, 2.45) is 0 Å². The lowest BCUT2D eigenvalue weighted by Crippen LogP contribution is -2.00. The Morgan fingerprint density at radius 1 is 1.23 bits per heavy atom. The van der Waals surface area contributed by atoms with E-state index in [2.05, 4.69) is 15.9 Å². The minimum atomic E-state index is -1.25. The molecule has 1 rings (SSSR count). The molecule has 1 N–H and O–H groups in total. The van der Waals surface area contributed by atoms with Gasteiger partial charge < -0.3 is 5.11 Å². The van der Waals surface area contributed by atoms with E-state index in [9.17, 15) is 13.2 Å². The van der Waals surface area contributed by atoms with E-state index in [4.69, 9.17) is 5.11 Å². The Kier molecular flexibility index (Phi) is 3.33. The molecule has 0 bridgehead atoms. The third kappa shape index (κ3) is 2.03. The van der Waals surface area contributed by atoms with Gasteiger partial charge >= 0.3 is 0 Å². The first kappa shape index (κ1) is 10.5. The average molecular weight is 255 g/mol. The lowest BCUT2D eigenvalue weighted by atomic mass is 10.1. The molecule has 0 saturated heterocycles. The Morgan fingerprint density at radius 3 is 2.38 bits per heavy atom. The molecule has 0 saturated carbocycles. The standard InChI is InChI=1S/C8H6BrF3O/c9-6-7(11)4(1-2-13)3-5(10)8(6)12/h3,13H,1-2H2. The van der Waals surface area contributed by atoms with Crippen LogP contribution in [0.5, 0.6) is 0 Å². The van der Waals surface area contributed by atoms with Crippen molar-refractivity contribution in [3.8, 4) is 0 Å². The van der Waals surface area contributed by atoms with Crippen LogP contribution in [0.4, 0.5) is 13.2 Å². The first-order valence-corrected chi connectivity index (χ1v) is 4.30. The second-order valence-corrected chi connectivity index (χ2v) is 3.23. The van der Waals surface area contributed by atoms with Gasteiger partial charge in [-0.3, -0.25) is 0 Å². The number of rotatable bonds is 2. The molecule has 13 heavy (non-hydrogen) atoms. The SMILES string of the molecule is OCCc1cc(F)c(F)c(Br)c1F. The molecule has 0 amide bonds. The van der Waals surface area contributed by atoms with E-state index in [0.29, 0.717) is 0 Å². The highest BCUT2D eigenvalue weighted by molar-refractivity contribution is 9.10. The molecule has 0 aliphatic heterocycles. The Bertz CT molecular complexity index is 328. The van der Waals surface area contributed by atoms with E-state index in [1.165, 1.54) is 0 Å². The molecule has 0 aromatic heterocycles. The highest BCUT2D eigenvalue weighted by atomic mass is 79.9. The Balaban J connectivity index is 3.24. The van der Waals surface area contributed by atoms with Gasteiger partial charge in [0.05, 0.1) is 4.47 Å². The monoisotopic (exact) mass is 254 g/mol. The number of hydrogen-bond acceptors (Lipinski definition) is 1. The number of aliphatic hydroxyl groups excluding tert-OH is 1. The summed E-state index contributed by atoms with van der Waals surface area (Å²) in [6.07, 6.45) is -0.0400. The summed E-state index contributed by atoms with van der Waals surface area (Å²) < 4.78 is 37.9. The smallest absolute Gasteiger partial charge is 0.175 e. The lowest BCUT2D eigenvalue weighted by molar-refractivity contribution is 0.297. The molecule has 0 atom stereocenters. The maximum absolute atomic E-state index is 13.1. The normalized spacial score (nSPS) is 10.5. The second-order valence-electron chi connectivity index (χ2n) is 2.43. The highest BCUT2D eigenvalue weighted by Gasteiger charge is 2.15. The summed E-state index contributed by atoms with van der Waals surface area (Å²) in [5.41, 5.74) is -0.0479. The van der Waals surface area contributed by atoms with Crippen molar-refractivity contribution >= 4 is 15.9 Å². The number of aliphatic hydroxyl groups is 1. The van der Waals surface area contributed by atoms with Gasteiger partial charge in [0.2, 0.25) is 0 Å². The number of halogens is 4. The summed E-state index contributed by atoms with van der Waals surface area (Å²) in [5, 5.41) is 8.50. The van der Waals surface area contributed by atoms with Crippen molar-refractivity contribution in [2.75, 3.05) is 6.61 Å². The van der Waals surface area contributed by atoms with Crippen LogP contribution in [-0.2, 0) is 6.42 Å². The largest absolute Gasteiger partial charge is 0.396 e. The maximum atomic E-state index is 13.1. The summed E-state index contributed by atoms with van der Waals surface area (Å²) in [5.74, 6) is -3.25. The van der Waals surface area contributed by atoms with Gasteiger partial charge in [0.15, 0.2) is 11.6 Å². The van der Waals surface area contributed by atoms with E-state index in [-0.39, 0.29) is 18.6 Å². The Hall–Kier alpha value is -0.550. The van der Waals surface area contributed by atoms with E-state index in [0.717, 1.165) is 6.07 Å². The fourth-order valence-corrected chi connectivity index (χ4v) is 1.37. The third-order valence-electron chi connectivity index (χ3n) is 1.56. The molecule has 0 aliphatic carbocycles. The van der Waals surface area contributed by atoms with Crippen molar-refractivity contribution in [3.63, 3.8) is 0 Å². The summed E-state index contributed by atoms with van der Waals surface area (Å²) in [6.45, 7) is -0.311. The quantitative estimate of drug-likeness (QED) is 0.635. The molecule has 0 heterocycles. The van der Waals surface area contributed by atoms with Crippen molar-refractivity contribution in [1.29, 1.82) is 0 Å². The predicted molar refractivity (Wildman–Crippen MR) is 44.8 cm³/mol. The summed E-state index contributed by atoms with van der Waals surface area (Å²) in [4.78, 5) is 0. The first-order chi connectivity index (χ1) is 6.07. The van der Waals surface area contributed by atoms with Crippen molar-refractivity contribution in [1.82, 2.24) is 0 Å². The predicted octanol–water partition coefficient (Wildman–Crippen LogP) is 2.40. The van der Waals surface area contributed by atoms with Gasteiger partial charge in [0, 0.05) is 6.61 Å². The van der Waals surface area contributed by atoms with Gasteiger partial charge in [-0.05, 0) is 34.0 Å². The minimum Gasteiger partial charge on any atom is -0.396 e. The molecule has 5 heteroatoms. The van der Waals surface area contributed by atoms with Crippen LogP contribution in [0.1, 0.15) is 5.56 Å². The van der Waals surface area contributed by atoms with Crippen LogP contribution in [0.2, 0.25) is 0 Å². The van der Waals surface area contributed by atoms with Gasteiger partial charge in [-0.1, -0.05) is 0 Å². The molecular weight excluding hydrogens is 249 g/mol. The van der Waals surface area contributed by atoms with Gasteiger partial charge in [0.25, 0.3) is 0 Å². The number of hydrogen-bond donors (Lipinski definition) is 1. The van der Waals surface area contributed by atoms with Gasteiger partial charge in [0.1, 0.15) is 5.82 Å². The minimum absolute atomic E-state index is 0.0400. The molecule has 0 aliphatic rings. The Morgan fingerprint density at radius 2 is 1.85 bits per heavy atom. The molecular formula is C8H6BrF3O. The van der Waals surface area contributed by atoms with Gasteiger partial charge in [-0.15, -0.1) is 0 Å². The molecule has 0 fully saturated rings. The zero-order valence-corrected chi connectivity index (χ0v) is 8.04. The van der Waals surface area contributed by atoms with E-state index >= 15 is 0 Å². The van der Waals surface area contributed by atoms with Crippen molar-refractivity contribution < 1.29 is 18.3 Å². The fraction of sp³-hybridized carbons (Fsp3) is 0.250. The molecule has 72 valence electrons. The molecule has 1 nitrogen and oxygen atoms in total. The molecule has 0 radical (unpaired) electrons. The average Bonchev–Trinajstić information content (AvgIpc) is 2.11.